The van der Waals surface area contributed by atoms with Crippen molar-refractivity contribution in [1.82, 2.24) is 14.7 Å². The molecule has 31 heavy (non-hydrogen) atoms. The second-order valence-corrected chi connectivity index (χ2v) is 7.63. The molecular weight excluding hydrogens is 390 g/mol. The third-order valence-electron chi connectivity index (χ3n) is 4.96. The zero-order valence-corrected chi connectivity index (χ0v) is 17.8. The quantitative estimate of drug-likeness (QED) is 0.417. The van der Waals surface area contributed by atoms with E-state index in [0.717, 1.165) is 28.5 Å². The first kappa shape index (κ1) is 20.9. The Morgan fingerprint density at radius 1 is 1.00 bits per heavy atom. The minimum absolute atomic E-state index is 0.474. The summed E-state index contributed by atoms with van der Waals surface area (Å²) in [6, 6.07) is 23.5. The highest BCUT2D eigenvalue weighted by Crippen LogP contribution is 2.32. The number of aromatic nitrogens is 2. The molecular formula is C25H27N3O3. The second-order valence-electron chi connectivity index (χ2n) is 7.63. The summed E-state index contributed by atoms with van der Waals surface area (Å²) in [7, 11) is 0. The fourth-order valence-corrected chi connectivity index (χ4v) is 3.57. The van der Waals surface area contributed by atoms with Gasteiger partial charge in [-0.25, -0.2) is 4.68 Å². The van der Waals surface area contributed by atoms with E-state index in [0.29, 0.717) is 25.5 Å². The van der Waals surface area contributed by atoms with Crippen LogP contribution in [0.15, 0.2) is 83.5 Å². The maximum absolute atomic E-state index is 10.1. The van der Waals surface area contributed by atoms with Crippen molar-refractivity contribution in [2.24, 2.45) is 0 Å². The van der Waals surface area contributed by atoms with Gasteiger partial charge in [0.25, 0.3) is 0 Å². The van der Waals surface area contributed by atoms with Gasteiger partial charge in [-0.15, -0.1) is 0 Å². The topological polar surface area (TPSA) is 63.7 Å². The molecule has 2 heterocycles. The van der Waals surface area contributed by atoms with Crippen molar-refractivity contribution >= 4 is 0 Å². The van der Waals surface area contributed by atoms with E-state index in [1.807, 2.05) is 84.4 Å². The smallest absolute Gasteiger partial charge is 0.227 e. The molecule has 6 nitrogen and oxygen atoms in total. The molecule has 1 unspecified atom stereocenters. The predicted octanol–water partition coefficient (Wildman–Crippen LogP) is 4.95. The largest absolute Gasteiger partial charge is 0.468 e. The molecule has 0 saturated carbocycles. The lowest BCUT2D eigenvalue weighted by molar-refractivity contribution is 0.112. The van der Waals surface area contributed by atoms with Crippen LogP contribution < -0.4 is 4.74 Å². The van der Waals surface area contributed by atoms with Crippen LogP contribution in [0.5, 0.6) is 11.6 Å². The van der Waals surface area contributed by atoms with E-state index in [2.05, 4.69) is 4.90 Å². The Labute approximate surface area is 182 Å². The van der Waals surface area contributed by atoms with Gasteiger partial charge in [-0.1, -0.05) is 36.4 Å². The number of ether oxygens (including phenoxy) is 1. The molecule has 2 aromatic carbocycles. The van der Waals surface area contributed by atoms with E-state index in [-0.39, 0.29) is 0 Å². The summed E-state index contributed by atoms with van der Waals surface area (Å²) in [6.45, 7) is 5.42. The van der Waals surface area contributed by atoms with E-state index in [1.165, 1.54) is 0 Å². The number of benzene rings is 2. The molecule has 160 valence electrons. The highest BCUT2D eigenvalue weighted by Gasteiger charge is 2.22. The average molecular weight is 418 g/mol. The molecule has 2 aromatic heterocycles. The highest BCUT2D eigenvalue weighted by atomic mass is 16.5. The third kappa shape index (κ3) is 5.23. The Bertz CT molecular complexity index is 1070. The molecule has 0 bridgehead atoms. The Kier molecular flexibility index (Phi) is 6.50. The van der Waals surface area contributed by atoms with E-state index in [4.69, 9.17) is 14.3 Å². The number of aryl methyl sites for hydroxylation is 1. The zero-order valence-electron chi connectivity index (χ0n) is 17.8. The van der Waals surface area contributed by atoms with Gasteiger partial charge in [-0.3, -0.25) is 4.90 Å². The lowest BCUT2D eigenvalue weighted by Gasteiger charge is -2.23. The van der Waals surface area contributed by atoms with Crippen LogP contribution >= 0.6 is 0 Å². The normalized spacial score (nSPS) is 12.3. The Morgan fingerprint density at radius 2 is 1.71 bits per heavy atom. The van der Waals surface area contributed by atoms with Gasteiger partial charge in [0.2, 0.25) is 5.88 Å². The summed E-state index contributed by atoms with van der Waals surface area (Å²) in [4.78, 5) is 2.14. The number of hydrogen-bond donors (Lipinski definition) is 1. The number of para-hydroxylation sites is 2. The summed E-state index contributed by atoms with van der Waals surface area (Å²) in [5.74, 6) is 2.26. The summed E-state index contributed by atoms with van der Waals surface area (Å²) in [5.41, 5.74) is 2.78. The van der Waals surface area contributed by atoms with Gasteiger partial charge in [0.1, 0.15) is 11.5 Å². The van der Waals surface area contributed by atoms with Gasteiger partial charge < -0.3 is 14.3 Å². The monoisotopic (exact) mass is 417 g/mol. The van der Waals surface area contributed by atoms with Crippen LogP contribution in [0, 0.1) is 6.92 Å². The van der Waals surface area contributed by atoms with Crippen molar-refractivity contribution in [3.05, 3.63) is 96.1 Å². The molecule has 0 aliphatic rings. The van der Waals surface area contributed by atoms with E-state index in [9.17, 15) is 5.11 Å². The minimum Gasteiger partial charge on any atom is -0.468 e. The third-order valence-corrected chi connectivity index (χ3v) is 4.96. The number of furan rings is 1. The summed E-state index contributed by atoms with van der Waals surface area (Å²) >= 11 is 0. The summed E-state index contributed by atoms with van der Waals surface area (Å²) in [5, 5.41) is 14.8. The fourth-order valence-electron chi connectivity index (χ4n) is 3.57. The average Bonchev–Trinajstić information content (AvgIpc) is 3.38. The van der Waals surface area contributed by atoms with Gasteiger partial charge in [0.15, 0.2) is 0 Å². The molecule has 4 rings (SSSR count). The van der Waals surface area contributed by atoms with Crippen molar-refractivity contribution in [1.29, 1.82) is 0 Å². The van der Waals surface area contributed by atoms with E-state index in [1.54, 1.807) is 13.2 Å². The molecule has 0 fully saturated rings. The molecule has 0 spiro atoms. The van der Waals surface area contributed by atoms with Gasteiger partial charge in [-0.05, 0) is 50.2 Å². The molecule has 1 atom stereocenters. The number of nitrogens with zero attached hydrogens (tertiary/aromatic N) is 3. The second kappa shape index (κ2) is 9.64. The first-order valence-electron chi connectivity index (χ1n) is 10.4. The van der Waals surface area contributed by atoms with Crippen molar-refractivity contribution in [2.45, 2.75) is 33.0 Å². The first-order chi connectivity index (χ1) is 15.1. The molecule has 0 saturated heterocycles. The zero-order chi connectivity index (χ0) is 21.6. The van der Waals surface area contributed by atoms with Crippen LogP contribution in [0.25, 0.3) is 5.69 Å². The predicted molar refractivity (Wildman–Crippen MR) is 119 cm³/mol. The lowest BCUT2D eigenvalue weighted by atomic mass is 10.2. The first-order valence-corrected chi connectivity index (χ1v) is 10.4. The highest BCUT2D eigenvalue weighted by molar-refractivity contribution is 5.43. The molecule has 0 aliphatic heterocycles. The maximum atomic E-state index is 10.1. The summed E-state index contributed by atoms with van der Waals surface area (Å²) in [6.07, 6.45) is 1.19. The van der Waals surface area contributed by atoms with Gasteiger partial charge in [0, 0.05) is 13.1 Å². The van der Waals surface area contributed by atoms with Crippen molar-refractivity contribution in [2.75, 3.05) is 6.54 Å². The van der Waals surface area contributed by atoms with Crippen LogP contribution in [0.1, 0.15) is 23.9 Å². The Balaban J connectivity index is 1.71. The van der Waals surface area contributed by atoms with Gasteiger partial charge in [0.05, 0.1) is 35.9 Å². The van der Waals surface area contributed by atoms with Crippen LogP contribution in [-0.4, -0.2) is 32.4 Å². The molecule has 0 amide bonds. The Morgan fingerprint density at radius 3 is 2.35 bits per heavy atom. The summed E-state index contributed by atoms with van der Waals surface area (Å²) < 4.78 is 13.7. The molecule has 6 heteroatoms. The van der Waals surface area contributed by atoms with Crippen molar-refractivity contribution in [3.63, 3.8) is 0 Å². The van der Waals surface area contributed by atoms with Crippen molar-refractivity contribution < 1.29 is 14.3 Å². The molecule has 1 N–H and O–H groups in total. The van der Waals surface area contributed by atoms with Crippen LogP contribution in [0.4, 0.5) is 0 Å². The van der Waals surface area contributed by atoms with Gasteiger partial charge >= 0.3 is 0 Å². The molecule has 4 aromatic rings. The molecule has 0 aliphatic carbocycles. The van der Waals surface area contributed by atoms with Crippen molar-refractivity contribution in [3.8, 4) is 17.3 Å². The fraction of sp³-hybridized carbons (Fsp3) is 0.240. The number of aliphatic hydroxyl groups is 1. The maximum Gasteiger partial charge on any atom is 0.227 e. The SMILES string of the molecule is Cc1nn(-c2ccccc2)c(Oc2ccccc2)c1CN(Cc1ccco1)CC(C)O. The van der Waals surface area contributed by atoms with Crippen LogP contribution in [0.2, 0.25) is 0 Å². The minimum atomic E-state index is -0.474. The van der Waals surface area contributed by atoms with E-state index < -0.39 is 6.10 Å². The Hall–Kier alpha value is -3.35. The van der Waals surface area contributed by atoms with Crippen LogP contribution in [0.3, 0.4) is 0 Å². The van der Waals surface area contributed by atoms with Crippen LogP contribution in [-0.2, 0) is 13.1 Å². The number of aliphatic hydroxyl groups excluding tert-OH is 1. The molecule has 0 radical (unpaired) electrons. The van der Waals surface area contributed by atoms with Gasteiger partial charge in [-0.2, -0.15) is 5.10 Å². The van der Waals surface area contributed by atoms with E-state index >= 15 is 0 Å². The standard InChI is InChI=1S/C25H27N3O3/c1-19(29)16-27(17-23-14-9-15-30-23)18-24-20(2)26-28(21-10-5-3-6-11-21)25(24)31-22-12-7-4-8-13-22/h3-15,19,29H,16-18H2,1-2H3. The number of rotatable bonds is 9. The number of hydrogen-bond acceptors (Lipinski definition) is 5. The lowest BCUT2D eigenvalue weighted by Crippen LogP contribution is -2.30.